The van der Waals surface area contributed by atoms with Gasteiger partial charge in [0.1, 0.15) is 0 Å². The van der Waals surface area contributed by atoms with E-state index in [0.29, 0.717) is 45.6 Å². The molecule has 0 fully saturated rings. The fourth-order valence-corrected chi connectivity index (χ4v) is 5.02. The van der Waals surface area contributed by atoms with E-state index in [4.69, 9.17) is 14.6 Å². The second-order valence-electron chi connectivity index (χ2n) is 10.8. The largest absolute Gasteiger partial charge is 0.396 e. The molecule has 2 aromatic carbocycles. The van der Waals surface area contributed by atoms with Gasteiger partial charge in [0.2, 0.25) is 11.8 Å². The van der Waals surface area contributed by atoms with Gasteiger partial charge in [-0.15, -0.1) is 0 Å². The highest BCUT2D eigenvalue weighted by Gasteiger charge is 2.22. The van der Waals surface area contributed by atoms with Crippen LogP contribution in [0.2, 0.25) is 0 Å². The highest BCUT2D eigenvalue weighted by Crippen LogP contribution is 2.44. The van der Waals surface area contributed by atoms with Crippen LogP contribution in [0, 0.1) is 0 Å². The molecule has 2 amide bonds. The third-order valence-corrected chi connectivity index (χ3v) is 7.42. The lowest BCUT2D eigenvalue weighted by molar-refractivity contribution is -0.122. The number of amides is 2. The molecule has 7 heteroatoms. The van der Waals surface area contributed by atoms with Crippen LogP contribution in [-0.2, 0) is 31.9 Å². The van der Waals surface area contributed by atoms with E-state index in [-0.39, 0.29) is 24.5 Å². The van der Waals surface area contributed by atoms with Crippen molar-refractivity contribution in [2.24, 2.45) is 0 Å². The Morgan fingerprint density at radius 2 is 1.39 bits per heavy atom. The first-order valence-corrected chi connectivity index (χ1v) is 15.2. The molecule has 3 rings (SSSR count). The second-order valence-corrected chi connectivity index (χ2v) is 10.8. The van der Waals surface area contributed by atoms with Gasteiger partial charge in [-0.1, -0.05) is 56.3 Å². The summed E-state index contributed by atoms with van der Waals surface area (Å²) >= 11 is 0. The van der Waals surface area contributed by atoms with Gasteiger partial charge < -0.3 is 25.2 Å². The predicted octanol–water partition coefficient (Wildman–Crippen LogP) is 5.21. The molecule has 0 spiro atoms. The zero-order chi connectivity index (χ0) is 29.5. The zero-order valence-electron chi connectivity index (χ0n) is 24.9. The first-order valence-electron chi connectivity index (χ1n) is 15.2. The van der Waals surface area contributed by atoms with Crippen LogP contribution in [0.5, 0.6) is 0 Å². The standard InChI is InChI=1S/C34H48N2O5/c1-4-5-20-40-21-17-35-33(38)10-6-8-27-12-14-29-30-15-13-28(24-32(30)26(3)31(29)23-27)9-7-11-34(39)36-18-22-41-25(2)16-19-37/h12-15,23-25,37H,3-11,16-22H2,1-2H3,(H,35,38)(H,36,39). The average Bonchev–Trinajstić information content (AvgIpc) is 3.23. The topological polar surface area (TPSA) is 96.9 Å². The lowest BCUT2D eigenvalue weighted by Gasteiger charge is -2.12. The number of carbonyl (C=O) groups excluding carboxylic acids is 2. The minimum absolute atomic E-state index is 0.00630. The number of hydrogen-bond acceptors (Lipinski definition) is 5. The maximum atomic E-state index is 12.2. The normalized spacial score (nSPS) is 12.6. The van der Waals surface area contributed by atoms with Crippen LogP contribution in [-0.4, -0.2) is 62.5 Å². The maximum Gasteiger partial charge on any atom is 0.220 e. The summed E-state index contributed by atoms with van der Waals surface area (Å²) in [5, 5.41) is 14.8. The Morgan fingerprint density at radius 1 is 0.829 bits per heavy atom. The molecule has 41 heavy (non-hydrogen) atoms. The smallest absolute Gasteiger partial charge is 0.220 e. The fraction of sp³-hybridized carbons (Fsp3) is 0.529. The Hall–Kier alpha value is -3.00. The number of carbonyl (C=O) groups is 2. The van der Waals surface area contributed by atoms with Crippen molar-refractivity contribution >= 4 is 17.4 Å². The summed E-state index contributed by atoms with van der Waals surface area (Å²) in [6, 6.07) is 13.1. The lowest BCUT2D eigenvalue weighted by atomic mass is 9.99. The number of fused-ring (bicyclic) bond motifs is 3. The molecule has 1 atom stereocenters. The summed E-state index contributed by atoms with van der Waals surface area (Å²) in [4.78, 5) is 24.3. The molecule has 2 aromatic rings. The molecule has 1 unspecified atom stereocenters. The van der Waals surface area contributed by atoms with Crippen molar-refractivity contribution in [3.05, 3.63) is 65.2 Å². The molecule has 3 N–H and O–H groups in total. The summed E-state index contributed by atoms with van der Waals surface area (Å²) in [5.74, 6) is 0.104. The Labute approximate surface area is 245 Å². The van der Waals surface area contributed by atoms with Crippen molar-refractivity contribution in [2.75, 3.05) is 39.5 Å². The van der Waals surface area contributed by atoms with Gasteiger partial charge in [-0.2, -0.15) is 0 Å². The van der Waals surface area contributed by atoms with Crippen molar-refractivity contribution in [1.82, 2.24) is 10.6 Å². The molecule has 0 aromatic heterocycles. The van der Waals surface area contributed by atoms with Gasteiger partial charge in [-0.25, -0.2) is 0 Å². The van der Waals surface area contributed by atoms with E-state index < -0.39 is 0 Å². The first kappa shape index (κ1) is 32.5. The molecule has 0 saturated heterocycles. The van der Waals surface area contributed by atoms with Crippen molar-refractivity contribution in [3.63, 3.8) is 0 Å². The van der Waals surface area contributed by atoms with Crippen molar-refractivity contribution < 1.29 is 24.2 Å². The molecule has 224 valence electrons. The summed E-state index contributed by atoms with van der Waals surface area (Å²) in [6.45, 7) is 11.4. The molecule has 0 heterocycles. The van der Waals surface area contributed by atoms with E-state index in [2.05, 4.69) is 60.5 Å². The summed E-state index contributed by atoms with van der Waals surface area (Å²) < 4.78 is 11.0. The van der Waals surface area contributed by atoms with E-state index in [0.717, 1.165) is 56.3 Å². The average molecular weight is 565 g/mol. The van der Waals surface area contributed by atoms with Crippen molar-refractivity contribution in [1.29, 1.82) is 0 Å². The van der Waals surface area contributed by atoms with E-state index >= 15 is 0 Å². The fourth-order valence-electron chi connectivity index (χ4n) is 5.02. The van der Waals surface area contributed by atoms with Gasteiger partial charge in [0, 0.05) is 39.1 Å². The molecule has 1 aliphatic rings. The number of aryl methyl sites for hydroxylation is 2. The van der Waals surface area contributed by atoms with E-state index in [1.807, 2.05) is 6.92 Å². The molecule has 0 bridgehead atoms. The quantitative estimate of drug-likeness (QED) is 0.164. The summed E-state index contributed by atoms with van der Waals surface area (Å²) in [6.07, 6.45) is 6.98. The molecular formula is C34H48N2O5. The number of unbranched alkanes of at least 4 members (excludes halogenated alkanes) is 1. The third kappa shape index (κ3) is 10.7. The van der Waals surface area contributed by atoms with Gasteiger partial charge in [0.25, 0.3) is 0 Å². The summed E-state index contributed by atoms with van der Waals surface area (Å²) in [7, 11) is 0. The molecule has 0 radical (unpaired) electrons. The molecule has 0 saturated carbocycles. The van der Waals surface area contributed by atoms with E-state index in [1.54, 1.807) is 0 Å². The van der Waals surface area contributed by atoms with Crippen molar-refractivity contribution in [3.8, 4) is 11.1 Å². The molecule has 0 aliphatic heterocycles. The van der Waals surface area contributed by atoms with Crippen LogP contribution in [0.3, 0.4) is 0 Å². The number of hydrogen-bond donors (Lipinski definition) is 3. The first-order chi connectivity index (χ1) is 19.9. The Morgan fingerprint density at radius 3 is 1.93 bits per heavy atom. The highest BCUT2D eigenvalue weighted by atomic mass is 16.5. The second kappa shape index (κ2) is 17.7. The highest BCUT2D eigenvalue weighted by molar-refractivity contribution is 6.00. The van der Waals surface area contributed by atoms with E-state index in [9.17, 15) is 9.59 Å². The lowest BCUT2D eigenvalue weighted by Crippen LogP contribution is -2.28. The molecule has 7 nitrogen and oxygen atoms in total. The van der Waals surface area contributed by atoms with Gasteiger partial charge >= 0.3 is 0 Å². The number of nitrogens with one attached hydrogen (secondary N) is 2. The monoisotopic (exact) mass is 564 g/mol. The van der Waals surface area contributed by atoms with Crippen LogP contribution < -0.4 is 10.6 Å². The number of aliphatic hydroxyl groups excluding tert-OH is 1. The van der Waals surface area contributed by atoms with Gasteiger partial charge in [0.15, 0.2) is 0 Å². The van der Waals surface area contributed by atoms with Gasteiger partial charge in [0.05, 0.1) is 19.3 Å². The summed E-state index contributed by atoms with van der Waals surface area (Å²) in [5.41, 5.74) is 8.19. The van der Waals surface area contributed by atoms with E-state index in [1.165, 1.54) is 27.8 Å². The van der Waals surface area contributed by atoms with Crippen molar-refractivity contribution in [2.45, 2.75) is 77.7 Å². The third-order valence-electron chi connectivity index (χ3n) is 7.42. The van der Waals surface area contributed by atoms with Crippen LogP contribution in [0.4, 0.5) is 0 Å². The minimum atomic E-state index is -0.00630. The van der Waals surface area contributed by atoms with Crippen LogP contribution in [0.15, 0.2) is 43.0 Å². The van der Waals surface area contributed by atoms with Gasteiger partial charge in [-0.05, 0) is 84.4 Å². The van der Waals surface area contributed by atoms with Crippen LogP contribution in [0.1, 0.15) is 81.0 Å². The maximum absolute atomic E-state index is 12.2. The van der Waals surface area contributed by atoms with Crippen LogP contribution in [0.25, 0.3) is 16.7 Å². The Kier molecular flexibility index (Phi) is 14.1. The number of aliphatic hydroxyl groups is 1. The predicted molar refractivity (Wildman–Crippen MR) is 165 cm³/mol. The zero-order valence-corrected chi connectivity index (χ0v) is 24.9. The van der Waals surface area contributed by atoms with Crippen LogP contribution >= 0.6 is 0 Å². The van der Waals surface area contributed by atoms with Gasteiger partial charge in [-0.3, -0.25) is 9.59 Å². The Balaban J connectivity index is 1.40. The Bertz CT molecular complexity index is 1150. The molecular weight excluding hydrogens is 516 g/mol. The number of ether oxygens (including phenoxy) is 2. The SMILES string of the molecule is C=C1c2cc(CCCC(=O)NCCOCCCC)ccc2-c2ccc(CCCC(=O)NCCOC(C)CCO)cc21. The number of benzene rings is 2. The molecule has 1 aliphatic carbocycles. The minimum Gasteiger partial charge on any atom is -0.396 e. The number of rotatable bonds is 20.